The van der Waals surface area contributed by atoms with Gasteiger partial charge in [0, 0.05) is 18.9 Å². The smallest absolute Gasteiger partial charge is 0.319 e. The quantitative estimate of drug-likeness (QED) is 0.860. The van der Waals surface area contributed by atoms with Crippen molar-refractivity contribution in [3.63, 3.8) is 0 Å². The molecular formula is C19H16N4O4. The first-order chi connectivity index (χ1) is 13.2. The van der Waals surface area contributed by atoms with Crippen LogP contribution in [0, 0.1) is 0 Å². The van der Waals surface area contributed by atoms with Crippen molar-refractivity contribution in [2.75, 3.05) is 13.3 Å². The number of nitrogens with one attached hydrogen (secondary N) is 2. The summed E-state index contributed by atoms with van der Waals surface area (Å²) in [5, 5.41) is 5.62. The van der Waals surface area contributed by atoms with E-state index in [1.165, 1.54) is 0 Å². The van der Waals surface area contributed by atoms with Crippen LogP contribution in [0.4, 0.5) is 4.79 Å². The van der Waals surface area contributed by atoms with E-state index in [1.807, 2.05) is 18.2 Å². The van der Waals surface area contributed by atoms with E-state index < -0.39 is 6.04 Å². The summed E-state index contributed by atoms with van der Waals surface area (Å²) in [7, 11) is 0. The van der Waals surface area contributed by atoms with E-state index in [-0.39, 0.29) is 18.7 Å². The molecule has 27 heavy (non-hydrogen) atoms. The molecule has 4 heterocycles. The van der Waals surface area contributed by atoms with Gasteiger partial charge in [0.25, 0.3) is 5.91 Å². The lowest BCUT2D eigenvalue weighted by molar-refractivity contribution is -0.126. The van der Waals surface area contributed by atoms with Gasteiger partial charge in [-0.3, -0.25) is 9.78 Å². The minimum atomic E-state index is -0.533. The normalized spacial score (nSPS) is 20.4. The molecular weight excluding hydrogens is 348 g/mol. The van der Waals surface area contributed by atoms with Gasteiger partial charge in [-0.2, -0.15) is 0 Å². The zero-order valence-corrected chi connectivity index (χ0v) is 14.3. The Morgan fingerprint density at radius 3 is 2.93 bits per heavy atom. The number of ether oxygens (including phenoxy) is 2. The van der Waals surface area contributed by atoms with Gasteiger partial charge in [0.1, 0.15) is 0 Å². The Morgan fingerprint density at radius 1 is 1.19 bits per heavy atom. The van der Waals surface area contributed by atoms with Crippen LogP contribution < -0.4 is 20.1 Å². The third-order valence-electron chi connectivity index (χ3n) is 4.85. The molecule has 0 saturated carbocycles. The summed E-state index contributed by atoms with van der Waals surface area (Å²) < 4.78 is 10.8. The maximum Gasteiger partial charge on any atom is 0.319 e. The minimum absolute atomic E-state index is 0.107. The summed E-state index contributed by atoms with van der Waals surface area (Å²) in [6, 6.07) is 8.33. The molecule has 0 radical (unpaired) electrons. The molecule has 0 fully saturated rings. The maximum atomic E-state index is 13.1. The molecule has 136 valence electrons. The number of urea groups is 1. The van der Waals surface area contributed by atoms with E-state index in [0.717, 1.165) is 11.1 Å². The lowest BCUT2D eigenvalue weighted by Crippen LogP contribution is -2.44. The van der Waals surface area contributed by atoms with E-state index >= 15 is 0 Å². The van der Waals surface area contributed by atoms with Crippen molar-refractivity contribution >= 4 is 11.9 Å². The lowest BCUT2D eigenvalue weighted by atomic mass is 9.96. The SMILES string of the molecule is O=C1NC2=C(C(=O)N(Cc3cccnc3)C2)C(c2ccc3c(c2)OCO3)N1. The van der Waals surface area contributed by atoms with Gasteiger partial charge in [-0.15, -0.1) is 0 Å². The standard InChI is InChI=1S/C19H16N4O4/c24-18-16-13(9-23(18)8-11-2-1-5-20-7-11)21-19(25)22-17(16)12-3-4-14-15(6-12)27-10-26-14/h1-7,17H,8-10H2,(H2,21,22,25). The van der Waals surface area contributed by atoms with Crippen molar-refractivity contribution < 1.29 is 19.1 Å². The average molecular weight is 364 g/mol. The predicted octanol–water partition coefficient (Wildman–Crippen LogP) is 1.46. The van der Waals surface area contributed by atoms with Crippen LogP contribution in [0.3, 0.4) is 0 Å². The molecule has 3 aliphatic rings. The fraction of sp³-hybridized carbons (Fsp3) is 0.211. The summed E-state index contributed by atoms with van der Waals surface area (Å²) >= 11 is 0. The third-order valence-corrected chi connectivity index (χ3v) is 4.85. The van der Waals surface area contributed by atoms with Crippen molar-refractivity contribution in [2.24, 2.45) is 0 Å². The lowest BCUT2D eigenvalue weighted by Gasteiger charge is -2.25. The Balaban J connectivity index is 1.46. The number of amides is 3. The first kappa shape index (κ1) is 15.7. The molecule has 2 N–H and O–H groups in total. The van der Waals surface area contributed by atoms with Crippen LogP contribution in [-0.2, 0) is 11.3 Å². The molecule has 1 unspecified atom stereocenters. The molecule has 2 aromatic rings. The number of aromatic nitrogens is 1. The summed E-state index contributed by atoms with van der Waals surface area (Å²) in [6.45, 7) is 0.962. The fourth-order valence-corrected chi connectivity index (χ4v) is 3.61. The van der Waals surface area contributed by atoms with Crippen LogP contribution in [0.2, 0.25) is 0 Å². The number of hydrogen-bond acceptors (Lipinski definition) is 5. The first-order valence-electron chi connectivity index (χ1n) is 8.57. The van der Waals surface area contributed by atoms with Crippen molar-refractivity contribution in [1.82, 2.24) is 20.5 Å². The predicted molar refractivity (Wildman–Crippen MR) is 93.7 cm³/mol. The molecule has 1 aromatic heterocycles. The topological polar surface area (TPSA) is 92.8 Å². The maximum absolute atomic E-state index is 13.1. The monoisotopic (exact) mass is 364 g/mol. The minimum Gasteiger partial charge on any atom is -0.454 e. The second kappa shape index (κ2) is 6.01. The zero-order chi connectivity index (χ0) is 18.4. The van der Waals surface area contributed by atoms with Crippen molar-refractivity contribution in [3.05, 3.63) is 65.1 Å². The molecule has 1 aromatic carbocycles. The molecule has 3 amide bonds. The second-order valence-electron chi connectivity index (χ2n) is 6.56. The van der Waals surface area contributed by atoms with Gasteiger partial charge in [-0.1, -0.05) is 12.1 Å². The van der Waals surface area contributed by atoms with E-state index in [4.69, 9.17) is 9.47 Å². The van der Waals surface area contributed by atoms with E-state index in [0.29, 0.717) is 35.9 Å². The van der Waals surface area contributed by atoms with Crippen LogP contribution in [-0.4, -0.2) is 35.2 Å². The molecule has 8 heteroatoms. The Labute approximate surface area is 154 Å². The second-order valence-corrected chi connectivity index (χ2v) is 6.56. The number of nitrogens with zero attached hydrogens (tertiary/aromatic N) is 2. The molecule has 0 spiro atoms. The van der Waals surface area contributed by atoms with Crippen LogP contribution >= 0.6 is 0 Å². The zero-order valence-electron chi connectivity index (χ0n) is 14.3. The van der Waals surface area contributed by atoms with Gasteiger partial charge in [-0.25, -0.2) is 4.79 Å². The Kier molecular flexibility index (Phi) is 3.49. The van der Waals surface area contributed by atoms with Crippen molar-refractivity contribution in [2.45, 2.75) is 12.6 Å². The highest BCUT2D eigenvalue weighted by Crippen LogP contribution is 2.38. The number of rotatable bonds is 3. The first-order valence-corrected chi connectivity index (χ1v) is 8.57. The highest BCUT2D eigenvalue weighted by atomic mass is 16.7. The van der Waals surface area contributed by atoms with Crippen LogP contribution in [0.15, 0.2) is 54.0 Å². The highest BCUT2D eigenvalue weighted by molar-refractivity contribution is 6.01. The number of fused-ring (bicyclic) bond motifs is 1. The van der Waals surface area contributed by atoms with E-state index in [2.05, 4.69) is 15.6 Å². The number of carbonyl (C=O) groups is 2. The highest BCUT2D eigenvalue weighted by Gasteiger charge is 2.40. The molecule has 0 bridgehead atoms. The molecule has 5 rings (SSSR count). The Bertz CT molecular complexity index is 973. The Hall–Kier alpha value is -3.55. The van der Waals surface area contributed by atoms with Crippen molar-refractivity contribution in [1.29, 1.82) is 0 Å². The molecule has 1 atom stereocenters. The largest absolute Gasteiger partial charge is 0.454 e. The van der Waals surface area contributed by atoms with Gasteiger partial charge < -0.3 is 25.0 Å². The number of benzene rings is 1. The Morgan fingerprint density at radius 2 is 2.07 bits per heavy atom. The van der Waals surface area contributed by atoms with Gasteiger partial charge in [0.05, 0.1) is 23.9 Å². The van der Waals surface area contributed by atoms with Gasteiger partial charge in [0.2, 0.25) is 6.79 Å². The summed E-state index contributed by atoms with van der Waals surface area (Å²) in [6.07, 6.45) is 3.43. The summed E-state index contributed by atoms with van der Waals surface area (Å²) in [5.74, 6) is 1.16. The summed E-state index contributed by atoms with van der Waals surface area (Å²) in [5.41, 5.74) is 2.90. The van der Waals surface area contributed by atoms with Crippen LogP contribution in [0.1, 0.15) is 17.2 Å². The van der Waals surface area contributed by atoms with Gasteiger partial charge >= 0.3 is 6.03 Å². The number of pyridine rings is 1. The van der Waals surface area contributed by atoms with Gasteiger partial charge in [0.15, 0.2) is 11.5 Å². The fourth-order valence-electron chi connectivity index (χ4n) is 3.61. The van der Waals surface area contributed by atoms with E-state index in [9.17, 15) is 9.59 Å². The third kappa shape index (κ3) is 2.66. The molecule has 8 nitrogen and oxygen atoms in total. The molecule has 0 aliphatic carbocycles. The number of carbonyl (C=O) groups excluding carboxylic acids is 2. The van der Waals surface area contributed by atoms with Gasteiger partial charge in [-0.05, 0) is 29.3 Å². The molecule has 0 saturated heterocycles. The van der Waals surface area contributed by atoms with Crippen LogP contribution in [0.25, 0.3) is 0 Å². The summed E-state index contributed by atoms with van der Waals surface area (Å²) in [4.78, 5) is 31.0. The number of hydrogen-bond donors (Lipinski definition) is 2. The van der Waals surface area contributed by atoms with Crippen molar-refractivity contribution in [3.8, 4) is 11.5 Å². The average Bonchev–Trinajstić information content (AvgIpc) is 3.26. The van der Waals surface area contributed by atoms with Crippen LogP contribution in [0.5, 0.6) is 11.5 Å². The molecule has 3 aliphatic heterocycles. The van der Waals surface area contributed by atoms with E-state index in [1.54, 1.807) is 29.4 Å².